The predicted molar refractivity (Wildman–Crippen MR) is 120 cm³/mol. The first kappa shape index (κ1) is 20.8. The Hall–Kier alpha value is -2.42. The van der Waals surface area contributed by atoms with E-state index < -0.39 is 0 Å². The third-order valence-electron chi connectivity index (χ3n) is 5.27. The molecule has 3 heterocycles. The monoisotopic (exact) mass is 428 g/mol. The number of hydrogen-bond donors (Lipinski definition) is 1. The molecule has 1 saturated heterocycles. The molecule has 0 unspecified atom stereocenters. The predicted octanol–water partition coefficient (Wildman–Crippen LogP) is 3.64. The van der Waals surface area contributed by atoms with Crippen molar-refractivity contribution in [2.24, 2.45) is 0 Å². The molecule has 2 aromatic heterocycles. The van der Waals surface area contributed by atoms with Crippen LogP contribution in [-0.2, 0) is 11.3 Å². The third-order valence-corrected chi connectivity index (χ3v) is 6.37. The summed E-state index contributed by atoms with van der Waals surface area (Å²) in [7, 11) is 1.66. The molecule has 8 heteroatoms. The number of benzene rings is 1. The van der Waals surface area contributed by atoms with Crippen LogP contribution in [-0.4, -0.2) is 61.4 Å². The highest BCUT2D eigenvalue weighted by molar-refractivity contribution is 7.18. The Bertz CT molecular complexity index is 984. The van der Waals surface area contributed by atoms with Gasteiger partial charge in [0, 0.05) is 18.0 Å². The van der Waals surface area contributed by atoms with Crippen molar-refractivity contribution >= 4 is 27.4 Å². The van der Waals surface area contributed by atoms with E-state index >= 15 is 0 Å². The van der Waals surface area contributed by atoms with Crippen LogP contribution in [0.3, 0.4) is 0 Å². The zero-order chi connectivity index (χ0) is 20.9. The number of aryl methyl sites for hydroxylation is 2. The van der Waals surface area contributed by atoms with Gasteiger partial charge in [-0.3, -0.25) is 4.90 Å². The maximum absolute atomic E-state index is 5.85. The van der Waals surface area contributed by atoms with Gasteiger partial charge in [0.05, 0.1) is 38.8 Å². The van der Waals surface area contributed by atoms with Crippen molar-refractivity contribution in [3.05, 3.63) is 40.5 Å². The molecule has 3 aromatic rings. The van der Waals surface area contributed by atoms with Crippen molar-refractivity contribution < 1.29 is 14.2 Å². The van der Waals surface area contributed by atoms with E-state index in [-0.39, 0.29) is 0 Å². The van der Waals surface area contributed by atoms with E-state index in [1.807, 2.05) is 24.3 Å². The molecule has 0 saturated carbocycles. The zero-order valence-corrected chi connectivity index (χ0v) is 18.6. The Morgan fingerprint density at radius 3 is 2.57 bits per heavy atom. The van der Waals surface area contributed by atoms with Crippen molar-refractivity contribution in [3.8, 4) is 11.5 Å². The Kier molecular flexibility index (Phi) is 6.66. The minimum atomic E-state index is 0.540. The molecule has 1 aliphatic rings. The molecule has 1 fully saturated rings. The molecule has 0 bridgehead atoms. The number of methoxy groups -OCH3 is 1. The second kappa shape index (κ2) is 9.59. The van der Waals surface area contributed by atoms with E-state index in [1.165, 1.54) is 10.4 Å². The average molecular weight is 429 g/mol. The number of thiophene rings is 1. The average Bonchev–Trinajstić information content (AvgIpc) is 3.06. The fourth-order valence-corrected chi connectivity index (χ4v) is 4.51. The molecule has 1 aromatic carbocycles. The number of nitrogens with one attached hydrogen (secondary N) is 1. The summed E-state index contributed by atoms with van der Waals surface area (Å²) in [5.74, 6) is 3.38. The van der Waals surface area contributed by atoms with E-state index in [9.17, 15) is 0 Å². The Morgan fingerprint density at radius 2 is 1.83 bits per heavy atom. The molecule has 0 radical (unpaired) electrons. The molecule has 0 amide bonds. The highest BCUT2D eigenvalue weighted by Crippen LogP contribution is 2.33. The quantitative estimate of drug-likeness (QED) is 0.549. The lowest BCUT2D eigenvalue weighted by atomic mass is 10.2. The Labute approximate surface area is 181 Å². The lowest BCUT2D eigenvalue weighted by Gasteiger charge is -2.25. The van der Waals surface area contributed by atoms with Crippen LogP contribution in [0.1, 0.15) is 16.3 Å². The van der Waals surface area contributed by atoms with E-state index in [0.29, 0.717) is 13.2 Å². The van der Waals surface area contributed by atoms with Crippen LogP contribution in [0.25, 0.3) is 10.2 Å². The van der Waals surface area contributed by atoms with Crippen molar-refractivity contribution in [1.82, 2.24) is 14.9 Å². The first-order chi connectivity index (χ1) is 14.6. The zero-order valence-electron chi connectivity index (χ0n) is 17.7. The van der Waals surface area contributed by atoms with Gasteiger partial charge >= 0.3 is 0 Å². The van der Waals surface area contributed by atoms with Gasteiger partial charge in [0.15, 0.2) is 0 Å². The minimum absolute atomic E-state index is 0.540. The fourth-order valence-electron chi connectivity index (χ4n) is 3.46. The number of rotatable bonds is 8. The number of hydrogen-bond acceptors (Lipinski definition) is 8. The number of fused-ring (bicyclic) bond motifs is 1. The third kappa shape index (κ3) is 4.83. The van der Waals surface area contributed by atoms with Gasteiger partial charge in [-0.1, -0.05) is 0 Å². The molecule has 0 aliphatic carbocycles. The van der Waals surface area contributed by atoms with Gasteiger partial charge < -0.3 is 19.5 Å². The first-order valence-corrected chi connectivity index (χ1v) is 11.0. The van der Waals surface area contributed by atoms with E-state index in [0.717, 1.165) is 66.2 Å². The summed E-state index contributed by atoms with van der Waals surface area (Å²) < 4.78 is 16.5. The largest absolute Gasteiger partial charge is 0.497 e. The normalized spacial score (nSPS) is 14.8. The van der Waals surface area contributed by atoms with Gasteiger partial charge in [0.1, 0.15) is 34.6 Å². The first-order valence-electron chi connectivity index (χ1n) is 10.2. The lowest BCUT2D eigenvalue weighted by Crippen LogP contribution is -2.36. The Balaban J connectivity index is 1.45. The van der Waals surface area contributed by atoms with E-state index in [2.05, 4.69) is 24.1 Å². The van der Waals surface area contributed by atoms with Gasteiger partial charge in [0.2, 0.25) is 0 Å². The van der Waals surface area contributed by atoms with Crippen LogP contribution in [0.2, 0.25) is 0 Å². The van der Waals surface area contributed by atoms with Crippen molar-refractivity contribution in [2.45, 2.75) is 20.4 Å². The van der Waals surface area contributed by atoms with Crippen LogP contribution in [0.5, 0.6) is 11.5 Å². The lowest BCUT2D eigenvalue weighted by molar-refractivity contribution is 0.0331. The van der Waals surface area contributed by atoms with E-state index in [4.69, 9.17) is 24.2 Å². The van der Waals surface area contributed by atoms with Crippen LogP contribution in [0, 0.1) is 13.8 Å². The van der Waals surface area contributed by atoms with Crippen LogP contribution >= 0.6 is 11.3 Å². The number of aromatic nitrogens is 2. The second-order valence-electron chi connectivity index (χ2n) is 7.29. The second-order valence-corrected chi connectivity index (χ2v) is 8.49. The minimum Gasteiger partial charge on any atom is -0.497 e. The SMILES string of the molecule is COc1ccc(OCCNc2nc(CN3CCOCC3)nc3sc(C)c(C)c23)cc1. The smallest absolute Gasteiger partial charge is 0.146 e. The highest BCUT2D eigenvalue weighted by atomic mass is 32.1. The molecule has 160 valence electrons. The maximum Gasteiger partial charge on any atom is 0.146 e. The molecular weight excluding hydrogens is 400 g/mol. The van der Waals surface area contributed by atoms with Gasteiger partial charge in [0.25, 0.3) is 0 Å². The summed E-state index contributed by atoms with van der Waals surface area (Å²) in [5, 5.41) is 4.59. The molecule has 1 N–H and O–H groups in total. The molecular formula is C22H28N4O3S. The molecule has 0 atom stereocenters. The molecule has 0 spiro atoms. The molecule has 30 heavy (non-hydrogen) atoms. The fraction of sp³-hybridized carbons (Fsp3) is 0.455. The van der Waals surface area contributed by atoms with Gasteiger partial charge in [-0.2, -0.15) is 0 Å². The number of anilines is 1. The van der Waals surface area contributed by atoms with Gasteiger partial charge in [-0.05, 0) is 43.7 Å². The van der Waals surface area contributed by atoms with Gasteiger partial charge in [-0.25, -0.2) is 9.97 Å². The highest BCUT2D eigenvalue weighted by Gasteiger charge is 2.17. The Morgan fingerprint density at radius 1 is 1.10 bits per heavy atom. The molecule has 4 rings (SSSR count). The topological polar surface area (TPSA) is 68.7 Å². The van der Waals surface area contributed by atoms with Crippen LogP contribution in [0.4, 0.5) is 5.82 Å². The van der Waals surface area contributed by atoms with Crippen molar-refractivity contribution in [3.63, 3.8) is 0 Å². The molecule has 1 aliphatic heterocycles. The number of nitrogens with zero attached hydrogens (tertiary/aromatic N) is 3. The summed E-state index contributed by atoms with van der Waals surface area (Å²) in [4.78, 5) is 14.4. The molecule has 7 nitrogen and oxygen atoms in total. The summed E-state index contributed by atoms with van der Waals surface area (Å²) in [6.07, 6.45) is 0. The summed E-state index contributed by atoms with van der Waals surface area (Å²) in [6.45, 7) is 9.60. The van der Waals surface area contributed by atoms with Crippen LogP contribution < -0.4 is 14.8 Å². The van der Waals surface area contributed by atoms with Crippen LogP contribution in [0.15, 0.2) is 24.3 Å². The standard InChI is InChI=1S/C22H28N4O3S/c1-15-16(2)30-22-20(15)21(24-19(25-22)14-26-9-12-28-13-10-26)23-8-11-29-18-6-4-17(27-3)5-7-18/h4-7H,8-14H2,1-3H3,(H,23,24,25). The summed E-state index contributed by atoms with van der Waals surface area (Å²) >= 11 is 1.73. The summed E-state index contributed by atoms with van der Waals surface area (Å²) in [6, 6.07) is 7.61. The number of morpholine rings is 1. The number of ether oxygens (including phenoxy) is 3. The maximum atomic E-state index is 5.85. The summed E-state index contributed by atoms with van der Waals surface area (Å²) in [5.41, 5.74) is 1.24. The van der Waals surface area contributed by atoms with Crippen molar-refractivity contribution in [2.75, 3.05) is 51.9 Å². The van der Waals surface area contributed by atoms with Gasteiger partial charge in [-0.15, -0.1) is 11.3 Å². The van der Waals surface area contributed by atoms with E-state index in [1.54, 1.807) is 18.4 Å². The van der Waals surface area contributed by atoms with Crippen molar-refractivity contribution in [1.29, 1.82) is 0 Å².